The topological polar surface area (TPSA) is 17.1 Å². The summed E-state index contributed by atoms with van der Waals surface area (Å²) in [6.07, 6.45) is -3.05. The standard InChI is InChI=1S/C11H10F3IO/c1-7(6-16)4-8-2-3-9(10(15)5-8)11(12,13)14/h2-3,5-7H,4H2,1H3. The lowest BCUT2D eigenvalue weighted by Crippen LogP contribution is -2.08. The average Bonchev–Trinajstić information content (AvgIpc) is 2.15. The third kappa shape index (κ3) is 3.47. The number of carbonyl (C=O) groups is 1. The summed E-state index contributed by atoms with van der Waals surface area (Å²) in [6.45, 7) is 1.73. The van der Waals surface area contributed by atoms with Gasteiger partial charge in [-0.05, 0) is 46.7 Å². The number of benzene rings is 1. The van der Waals surface area contributed by atoms with Gasteiger partial charge in [-0.3, -0.25) is 0 Å². The maximum Gasteiger partial charge on any atom is 0.417 e. The van der Waals surface area contributed by atoms with Crippen LogP contribution in [0.1, 0.15) is 18.1 Å². The lowest BCUT2D eigenvalue weighted by Gasteiger charge is -2.11. The van der Waals surface area contributed by atoms with Gasteiger partial charge in [0.25, 0.3) is 0 Å². The van der Waals surface area contributed by atoms with Crippen LogP contribution in [-0.2, 0) is 17.4 Å². The van der Waals surface area contributed by atoms with Gasteiger partial charge in [-0.2, -0.15) is 13.2 Å². The largest absolute Gasteiger partial charge is 0.417 e. The molecule has 88 valence electrons. The predicted octanol–water partition coefficient (Wildman–Crippen LogP) is 3.69. The van der Waals surface area contributed by atoms with Gasteiger partial charge in [0.2, 0.25) is 0 Å². The summed E-state index contributed by atoms with van der Waals surface area (Å²) in [5.74, 6) is -0.174. The SMILES string of the molecule is CC(C=O)Cc1ccc(C(F)(F)F)c(I)c1. The van der Waals surface area contributed by atoms with Crippen molar-refractivity contribution in [3.63, 3.8) is 0 Å². The zero-order chi connectivity index (χ0) is 12.3. The summed E-state index contributed by atoms with van der Waals surface area (Å²) >= 11 is 1.66. The quantitative estimate of drug-likeness (QED) is 0.605. The molecular formula is C11H10F3IO. The fraction of sp³-hybridized carbons (Fsp3) is 0.364. The Morgan fingerprint density at radius 2 is 2.06 bits per heavy atom. The molecule has 16 heavy (non-hydrogen) atoms. The Labute approximate surface area is 105 Å². The predicted molar refractivity (Wildman–Crippen MR) is 63.1 cm³/mol. The second kappa shape index (κ2) is 5.16. The molecule has 1 aromatic carbocycles. The highest BCUT2D eigenvalue weighted by atomic mass is 127. The van der Waals surface area contributed by atoms with E-state index in [4.69, 9.17) is 0 Å². The number of carbonyl (C=O) groups excluding carboxylic acids is 1. The van der Waals surface area contributed by atoms with E-state index in [0.29, 0.717) is 6.42 Å². The summed E-state index contributed by atoms with van der Waals surface area (Å²) < 4.78 is 37.5. The molecule has 0 amide bonds. The maximum absolute atomic E-state index is 12.4. The van der Waals surface area contributed by atoms with Crippen LogP contribution in [0.4, 0.5) is 13.2 Å². The maximum atomic E-state index is 12.4. The van der Waals surface area contributed by atoms with E-state index in [9.17, 15) is 18.0 Å². The Kier molecular flexibility index (Phi) is 4.35. The van der Waals surface area contributed by atoms with E-state index < -0.39 is 11.7 Å². The normalized spacial score (nSPS) is 13.6. The highest BCUT2D eigenvalue weighted by molar-refractivity contribution is 14.1. The van der Waals surface area contributed by atoms with E-state index in [1.807, 2.05) is 0 Å². The summed E-state index contributed by atoms with van der Waals surface area (Å²) in [5, 5.41) is 0. The molecule has 0 bridgehead atoms. The van der Waals surface area contributed by atoms with Crippen molar-refractivity contribution in [1.82, 2.24) is 0 Å². The molecule has 0 N–H and O–H groups in total. The first kappa shape index (κ1) is 13.5. The van der Waals surface area contributed by atoms with E-state index in [-0.39, 0.29) is 9.49 Å². The molecule has 1 nitrogen and oxygen atoms in total. The van der Waals surface area contributed by atoms with Crippen LogP contribution < -0.4 is 0 Å². The first-order valence-corrected chi connectivity index (χ1v) is 5.73. The number of aldehydes is 1. The second-order valence-corrected chi connectivity index (χ2v) is 4.79. The number of alkyl halides is 3. The van der Waals surface area contributed by atoms with Crippen molar-refractivity contribution in [2.24, 2.45) is 5.92 Å². The first-order chi connectivity index (χ1) is 7.34. The molecule has 0 radical (unpaired) electrons. The molecule has 0 aliphatic heterocycles. The van der Waals surface area contributed by atoms with Gasteiger partial charge in [-0.25, -0.2) is 0 Å². The lowest BCUT2D eigenvalue weighted by atomic mass is 10.0. The number of rotatable bonds is 3. The Morgan fingerprint density at radius 3 is 2.50 bits per heavy atom. The van der Waals surface area contributed by atoms with Crippen LogP contribution in [0.15, 0.2) is 18.2 Å². The van der Waals surface area contributed by atoms with Crippen LogP contribution >= 0.6 is 22.6 Å². The molecule has 0 fully saturated rings. The van der Waals surface area contributed by atoms with Crippen molar-refractivity contribution >= 4 is 28.9 Å². The van der Waals surface area contributed by atoms with Gasteiger partial charge in [0.15, 0.2) is 0 Å². The summed E-state index contributed by atoms with van der Waals surface area (Å²) in [5.41, 5.74) is 0.118. The van der Waals surface area contributed by atoms with E-state index in [0.717, 1.165) is 17.9 Å². The zero-order valence-electron chi connectivity index (χ0n) is 8.51. The highest BCUT2D eigenvalue weighted by Crippen LogP contribution is 2.33. The van der Waals surface area contributed by atoms with Crippen LogP contribution in [0, 0.1) is 9.49 Å². The minimum Gasteiger partial charge on any atom is -0.303 e. The summed E-state index contributed by atoms with van der Waals surface area (Å²) in [7, 11) is 0. The third-order valence-corrected chi connectivity index (χ3v) is 3.02. The molecule has 0 aromatic heterocycles. The Bertz CT molecular complexity index is 387. The van der Waals surface area contributed by atoms with Gasteiger partial charge in [-0.15, -0.1) is 0 Å². The summed E-state index contributed by atoms with van der Waals surface area (Å²) in [4.78, 5) is 10.4. The number of hydrogen-bond donors (Lipinski definition) is 0. The molecule has 0 saturated heterocycles. The molecule has 0 aliphatic rings. The van der Waals surface area contributed by atoms with Gasteiger partial charge in [0, 0.05) is 9.49 Å². The molecule has 1 aromatic rings. The van der Waals surface area contributed by atoms with Gasteiger partial charge in [0.05, 0.1) is 5.56 Å². The van der Waals surface area contributed by atoms with Gasteiger partial charge in [0.1, 0.15) is 6.29 Å². The Morgan fingerprint density at radius 1 is 1.44 bits per heavy atom. The first-order valence-electron chi connectivity index (χ1n) is 4.65. The minimum atomic E-state index is -4.31. The van der Waals surface area contributed by atoms with Crippen molar-refractivity contribution in [1.29, 1.82) is 0 Å². The molecule has 0 heterocycles. The van der Waals surface area contributed by atoms with Crippen LogP contribution in [0.5, 0.6) is 0 Å². The highest BCUT2D eigenvalue weighted by Gasteiger charge is 2.32. The van der Waals surface area contributed by atoms with E-state index in [1.165, 1.54) is 12.1 Å². The molecule has 0 spiro atoms. The van der Waals surface area contributed by atoms with Gasteiger partial charge in [-0.1, -0.05) is 13.0 Å². The fourth-order valence-corrected chi connectivity index (χ4v) is 2.22. The van der Waals surface area contributed by atoms with Crippen molar-refractivity contribution in [2.75, 3.05) is 0 Å². The molecule has 0 aliphatic carbocycles. The van der Waals surface area contributed by atoms with Crippen molar-refractivity contribution < 1.29 is 18.0 Å². The van der Waals surface area contributed by atoms with Crippen molar-refractivity contribution in [3.8, 4) is 0 Å². The minimum absolute atomic E-state index is 0.167. The number of halogens is 4. The Hall–Kier alpha value is -0.590. The van der Waals surface area contributed by atoms with Gasteiger partial charge < -0.3 is 4.79 Å². The molecule has 0 saturated carbocycles. The Balaban J connectivity index is 2.95. The van der Waals surface area contributed by atoms with E-state index >= 15 is 0 Å². The third-order valence-electron chi connectivity index (χ3n) is 2.13. The molecule has 1 unspecified atom stereocenters. The smallest absolute Gasteiger partial charge is 0.303 e. The van der Waals surface area contributed by atoms with Crippen molar-refractivity contribution in [2.45, 2.75) is 19.5 Å². The monoisotopic (exact) mass is 342 g/mol. The van der Waals surface area contributed by atoms with Gasteiger partial charge >= 0.3 is 6.18 Å². The molecule has 1 atom stereocenters. The average molecular weight is 342 g/mol. The fourth-order valence-electron chi connectivity index (χ4n) is 1.34. The molecule has 1 rings (SSSR count). The molecule has 5 heteroatoms. The van der Waals surface area contributed by atoms with Crippen molar-refractivity contribution in [3.05, 3.63) is 32.9 Å². The lowest BCUT2D eigenvalue weighted by molar-refractivity contribution is -0.138. The van der Waals surface area contributed by atoms with Crippen LogP contribution in [-0.4, -0.2) is 6.29 Å². The van der Waals surface area contributed by atoms with Crippen LogP contribution in [0.2, 0.25) is 0 Å². The van der Waals surface area contributed by atoms with Crippen LogP contribution in [0.3, 0.4) is 0 Å². The van der Waals surface area contributed by atoms with Crippen LogP contribution in [0.25, 0.3) is 0 Å². The number of hydrogen-bond acceptors (Lipinski definition) is 1. The summed E-state index contributed by atoms with van der Waals surface area (Å²) in [6, 6.07) is 3.96. The zero-order valence-corrected chi connectivity index (χ0v) is 10.7. The second-order valence-electron chi connectivity index (χ2n) is 3.63. The van der Waals surface area contributed by atoms with E-state index in [2.05, 4.69) is 0 Å². The van der Waals surface area contributed by atoms with E-state index in [1.54, 1.807) is 29.5 Å². The molecular weight excluding hydrogens is 332 g/mol.